The molecule has 1 aliphatic rings. The highest BCUT2D eigenvalue weighted by Crippen LogP contribution is 2.38. The van der Waals surface area contributed by atoms with Crippen LogP contribution in [0.4, 0.5) is 9.18 Å². The number of aryl methyl sites for hydroxylation is 1. The van der Waals surface area contributed by atoms with E-state index < -0.39 is 11.6 Å². The molecule has 0 saturated heterocycles. The number of amides is 1. The van der Waals surface area contributed by atoms with Crippen molar-refractivity contribution in [3.8, 4) is 5.75 Å². The first-order valence-electron chi connectivity index (χ1n) is 12.6. The molecular weight excluding hydrogens is 507 g/mol. The van der Waals surface area contributed by atoms with E-state index in [1.807, 2.05) is 44.5 Å². The molecule has 4 rings (SSSR count). The number of nitrogens with zero attached hydrogens (tertiary/aromatic N) is 2. The highest BCUT2D eigenvalue weighted by atomic mass is 32.2. The molecule has 0 unspecified atom stereocenters. The standard InChI is InChI=1S/C29H33FN2O5S/c1-6-36-27(34)26-22-16-25(33)21(18-11-13-32(14-12-18)28(35)37-29(2,3)4)15-23(22)31(5)24(26)17-38-20-9-7-19(30)8-10-20/h7-11,15-16,33H,6,12-14,17H2,1-5H3. The van der Waals surface area contributed by atoms with Crippen LogP contribution in [0.1, 0.15) is 55.7 Å². The first kappa shape index (κ1) is 27.6. The lowest BCUT2D eigenvalue weighted by Crippen LogP contribution is -2.39. The Hall–Kier alpha value is -3.46. The zero-order chi connectivity index (χ0) is 27.6. The minimum absolute atomic E-state index is 0.0587. The Labute approximate surface area is 226 Å². The molecule has 9 heteroatoms. The second kappa shape index (κ2) is 11.1. The van der Waals surface area contributed by atoms with Crippen LogP contribution < -0.4 is 0 Å². The summed E-state index contributed by atoms with van der Waals surface area (Å²) < 4.78 is 26.1. The largest absolute Gasteiger partial charge is 0.507 e. The summed E-state index contributed by atoms with van der Waals surface area (Å²) in [6, 6.07) is 9.71. The summed E-state index contributed by atoms with van der Waals surface area (Å²) in [4.78, 5) is 28.0. The maximum atomic E-state index is 13.3. The van der Waals surface area contributed by atoms with E-state index in [4.69, 9.17) is 9.47 Å². The summed E-state index contributed by atoms with van der Waals surface area (Å²) in [5, 5.41) is 11.6. The molecule has 38 heavy (non-hydrogen) atoms. The number of hydrogen-bond acceptors (Lipinski definition) is 6. The SMILES string of the molecule is CCOC(=O)c1c(CSc2ccc(F)cc2)n(C)c2cc(C3=CCN(C(=O)OC(C)(C)C)CC3)c(O)cc12. The number of carbonyl (C=O) groups excluding carboxylic acids is 2. The number of phenolic OH excluding ortho intramolecular Hbond substituents is 1. The van der Waals surface area contributed by atoms with E-state index in [1.165, 1.54) is 23.9 Å². The van der Waals surface area contributed by atoms with Crippen molar-refractivity contribution < 1.29 is 28.6 Å². The molecule has 2 aromatic carbocycles. The molecule has 0 saturated carbocycles. The van der Waals surface area contributed by atoms with Crippen LogP contribution in [0.3, 0.4) is 0 Å². The number of ether oxygens (including phenoxy) is 2. The van der Waals surface area contributed by atoms with E-state index in [2.05, 4.69) is 0 Å². The Morgan fingerprint density at radius 1 is 1.16 bits per heavy atom. The number of hydrogen-bond donors (Lipinski definition) is 1. The molecule has 0 spiro atoms. The van der Waals surface area contributed by atoms with E-state index in [0.717, 1.165) is 21.7 Å². The molecule has 0 aliphatic carbocycles. The van der Waals surface area contributed by atoms with Crippen LogP contribution in [0.15, 0.2) is 47.4 Å². The summed E-state index contributed by atoms with van der Waals surface area (Å²) in [5.41, 5.74) is 2.96. The molecule has 7 nitrogen and oxygen atoms in total. The minimum atomic E-state index is -0.569. The van der Waals surface area contributed by atoms with Gasteiger partial charge in [-0.3, -0.25) is 0 Å². The van der Waals surface area contributed by atoms with Gasteiger partial charge in [-0.05, 0) is 76.1 Å². The summed E-state index contributed by atoms with van der Waals surface area (Å²) in [6.45, 7) is 8.33. The van der Waals surface area contributed by atoms with Crippen LogP contribution in [-0.2, 0) is 22.3 Å². The fraction of sp³-hybridized carbons (Fsp3) is 0.379. The van der Waals surface area contributed by atoms with E-state index >= 15 is 0 Å². The van der Waals surface area contributed by atoms with Gasteiger partial charge in [-0.2, -0.15) is 0 Å². The molecule has 2 heterocycles. The average molecular weight is 541 g/mol. The fourth-order valence-corrected chi connectivity index (χ4v) is 5.44. The van der Waals surface area contributed by atoms with Crippen molar-refractivity contribution in [3.63, 3.8) is 0 Å². The number of thioether (sulfide) groups is 1. The van der Waals surface area contributed by atoms with E-state index in [9.17, 15) is 19.1 Å². The van der Waals surface area contributed by atoms with Gasteiger partial charge in [-0.15, -0.1) is 11.8 Å². The number of fused-ring (bicyclic) bond motifs is 1. The third-order valence-corrected chi connectivity index (χ3v) is 7.34. The average Bonchev–Trinajstić information content (AvgIpc) is 3.12. The summed E-state index contributed by atoms with van der Waals surface area (Å²) in [5.74, 6) is -0.247. The molecule has 1 aromatic heterocycles. The number of esters is 1. The molecule has 3 aromatic rings. The fourth-order valence-electron chi connectivity index (χ4n) is 4.47. The van der Waals surface area contributed by atoms with Gasteiger partial charge < -0.3 is 24.0 Å². The van der Waals surface area contributed by atoms with Crippen LogP contribution in [0.2, 0.25) is 0 Å². The minimum Gasteiger partial charge on any atom is -0.507 e. The Kier molecular flexibility index (Phi) is 8.06. The number of halogens is 1. The zero-order valence-electron chi connectivity index (χ0n) is 22.3. The number of rotatable bonds is 6. The molecule has 0 radical (unpaired) electrons. The van der Waals surface area contributed by atoms with Gasteiger partial charge in [0.15, 0.2) is 0 Å². The third kappa shape index (κ3) is 5.99. The van der Waals surface area contributed by atoms with Crippen LogP contribution in [-0.4, -0.2) is 51.9 Å². The number of phenols is 1. The molecule has 0 atom stereocenters. The van der Waals surface area contributed by atoms with E-state index in [0.29, 0.717) is 41.8 Å². The molecule has 202 valence electrons. The van der Waals surface area contributed by atoms with Gasteiger partial charge >= 0.3 is 12.1 Å². The number of aromatic nitrogens is 1. The molecule has 1 amide bonds. The highest BCUT2D eigenvalue weighted by molar-refractivity contribution is 7.98. The van der Waals surface area contributed by atoms with Crippen molar-refractivity contribution in [2.45, 2.75) is 50.4 Å². The lowest BCUT2D eigenvalue weighted by molar-refractivity contribution is 0.0270. The van der Waals surface area contributed by atoms with Gasteiger partial charge in [0.25, 0.3) is 0 Å². The van der Waals surface area contributed by atoms with Crippen molar-refractivity contribution in [2.24, 2.45) is 7.05 Å². The maximum Gasteiger partial charge on any atom is 0.410 e. The summed E-state index contributed by atoms with van der Waals surface area (Å²) in [7, 11) is 1.88. The lowest BCUT2D eigenvalue weighted by atomic mass is 9.97. The monoisotopic (exact) mass is 540 g/mol. The van der Waals surface area contributed by atoms with Crippen molar-refractivity contribution >= 4 is 40.3 Å². The maximum absolute atomic E-state index is 13.3. The quantitative estimate of drug-likeness (QED) is 0.283. The topological polar surface area (TPSA) is 81.0 Å². The van der Waals surface area contributed by atoms with Gasteiger partial charge in [-0.25, -0.2) is 14.0 Å². The predicted octanol–water partition coefficient (Wildman–Crippen LogP) is 6.52. The first-order valence-corrected chi connectivity index (χ1v) is 13.5. The highest BCUT2D eigenvalue weighted by Gasteiger charge is 2.27. The predicted molar refractivity (Wildman–Crippen MR) is 147 cm³/mol. The first-order chi connectivity index (χ1) is 18.0. The van der Waals surface area contributed by atoms with Crippen molar-refractivity contribution in [1.82, 2.24) is 9.47 Å². The second-order valence-electron chi connectivity index (χ2n) is 10.1. The van der Waals surface area contributed by atoms with Gasteiger partial charge in [0, 0.05) is 52.9 Å². The number of carbonyl (C=O) groups is 2. The third-order valence-electron chi connectivity index (χ3n) is 6.31. The van der Waals surface area contributed by atoms with Gasteiger partial charge in [0.2, 0.25) is 0 Å². The molecule has 0 fully saturated rings. The van der Waals surface area contributed by atoms with Crippen molar-refractivity contribution in [1.29, 1.82) is 0 Å². The smallest absolute Gasteiger partial charge is 0.410 e. The van der Waals surface area contributed by atoms with Crippen LogP contribution in [0, 0.1) is 5.82 Å². The van der Waals surface area contributed by atoms with Crippen LogP contribution in [0.5, 0.6) is 5.75 Å². The van der Waals surface area contributed by atoms with Crippen LogP contribution >= 0.6 is 11.8 Å². The zero-order valence-corrected chi connectivity index (χ0v) is 23.2. The molecule has 1 aliphatic heterocycles. The van der Waals surface area contributed by atoms with Crippen LogP contribution in [0.25, 0.3) is 16.5 Å². The summed E-state index contributed by atoms with van der Waals surface area (Å²) >= 11 is 1.49. The molecular formula is C29H33FN2O5S. The van der Waals surface area contributed by atoms with Gasteiger partial charge in [0.05, 0.1) is 12.2 Å². The van der Waals surface area contributed by atoms with E-state index in [-0.39, 0.29) is 24.3 Å². The van der Waals surface area contributed by atoms with Crippen molar-refractivity contribution in [2.75, 3.05) is 19.7 Å². The lowest BCUT2D eigenvalue weighted by Gasteiger charge is -2.29. The second-order valence-corrected chi connectivity index (χ2v) is 11.2. The van der Waals surface area contributed by atoms with Gasteiger partial charge in [0.1, 0.15) is 17.2 Å². The van der Waals surface area contributed by atoms with E-state index in [1.54, 1.807) is 30.0 Å². The normalized spacial score (nSPS) is 13.9. The van der Waals surface area contributed by atoms with Gasteiger partial charge in [-0.1, -0.05) is 6.08 Å². The molecule has 0 bridgehead atoms. The molecule has 1 N–H and O–H groups in total. The Morgan fingerprint density at radius 2 is 1.87 bits per heavy atom. The Balaban J connectivity index is 1.67. The Bertz CT molecular complexity index is 1390. The number of benzene rings is 2. The Morgan fingerprint density at radius 3 is 2.47 bits per heavy atom. The number of aromatic hydroxyl groups is 1. The summed E-state index contributed by atoms with van der Waals surface area (Å²) in [6.07, 6.45) is 2.12. The van der Waals surface area contributed by atoms with Crippen molar-refractivity contribution in [3.05, 3.63) is 65.1 Å².